The first kappa shape index (κ1) is 16.1. The van der Waals surface area contributed by atoms with Crippen molar-refractivity contribution in [1.82, 2.24) is 0 Å². The second-order valence-corrected chi connectivity index (χ2v) is 4.58. The van der Waals surface area contributed by atoms with Gasteiger partial charge >= 0.3 is 5.97 Å². The summed E-state index contributed by atoms with van der Waals surface area (Å²) >= 11 is 0. The number of aliphatic carboxylic acids is 1. The van der Waals surface area contributed by atoms with E-state index in [1.54, 1.807) is 0 Å². The molecule has 3 N–H and O–H groups in total. The molecule has 0 fully saturated rings. The largest absolute Gasteiger partial charge is 0.478 e. The second kappa shape index (κ2) is 7.45. The van der Waals surface area contributed by atoms with Crippen LogP contribution in [0.3, 0.4) is 0 Å². The highest BCUT2D eigenvalue weighted by Gasteiger charge is 2.34. The van der Waals surface area contributed by atoms with Crippen molar-refractivity contribution in [2.45, 2.75) is 52.6 Å². The molecule has 17 heavy (non-hydrogen) atoms. The van der Waals surface area contributed by atoms with E-state index in [2.05, 4.69) is 0 Å². The lowest BCUT2D eigenvalue weighted by atomic mass is 9.75. The van der Waals surface area contributed by atoms with Crippen molar-refractivity contribution in [1.29, 1.82) is 0 Å². The highest BCUT2D eigenvalue weighted by Crippen LogP contribution is 2.33. The molecule has 4 nitrogen and oxygen atoms in total. The summed E-state index contributed by atoms with van der Waals surface area (Å²) < 4.78 is 0. The fraction of sp³-hybridized carbons (Fsp3) is 0.769. The molecule has 0 rings (SSSR count). The molecule has 0 aromatic rings. The van der Waals surface area contributed by atoms with Gasteiger partial charge in [-0.1, -0.05) is 26.7 Å². The Bertz CT molecular complexity index is 267. The van der Waals surface area contributed by atoms with Crippen LogP contribution in [0.4, 0.5) is 0 Å². The van der Waals surface area contributed by atoms with Crippen LogP contribution >= 0.6 is 0 Å². The predicted octanol–water partition coefficient (Wildman–Crippen LogP) is 1.96. The number of aliphatic hydroxyl groups excluding tert-OH is 2. The van der Waals surface area contributed by atoms with Gasteiger partial charge in [0.25, 0.3) is 0 Å². The Morgan fingerprint density at radius 1 is 1.41 bits per heavy atom. The summed E-state index contributed by atoms with van der Waals surface area (Å²) in [5.41, 5.74) is -0.507. The van der Waals surface area contributed by atoms with E-state index in [1.165, 1.54) is 13.0 Å². The summed E-state index contributed by atoms with van der Waals surface area (Å²) in [6, 6.07) is 0. The van der Waals surface area contributed by atoms with Gasteiger partial charge in [-0.15, -0.1) is 0 Å². The summed E-state index contributed by atoms with van der Waals surface area (Å²) in [4.78, 5) is 10.7. The summed E-state index contributed by atoms with van der Waals surface area (Å²) in [5.74, 6) is -1.04. The quantitative estimate of drug-likeness (QED) is 0.570. The fourth-order valence-electron chi connectivity index (χ4n) is 1.83. The topological polar surface area (TPSA) is 77.8 Å². The molecule has 0 radical (unpaired) electrons. The number of carboxylic acid groups (broad SMARTS) is 1. The number of carbonyl (C=O) groups is 1. The SMILES string of the molecule is CCCCC(CC)(CO)C(O)C=C(C)C(=O)O. The molecule has 0 aliphatic rings. The number of unbranched alkanes of at least 4 members (excludes halogenated alkanes) is 1. The van der Waals surface area contributed by atoms with E-state index < -0.39 is 17.5 Å². The van der Waals surface area contributed by atoms with Crippen molar-refractivity contribution >= 4 is 5.97 Å². The molecule has 100 valence electrons. The molecule has 4 heteroatoms. The normalized spacial score (nSPS) is 17.6. The maximum absolute atomic E-state index is 10.7. The number of rotatable bonds is 8. The van der Waals surface area contributed by atoms with Gasteiger partial charge in [0.15, 0.2) is 0 Å². The van der Waals surface area contributed by atoms with Gasteiger partial charge in [-0.2, -0.15) is 0 Å². The Balaban J connectivity index is 4.92. The lowest BCUT2D eigenvalue weighted by Gasteiger charge is -2.34. The number of hydrogen-bond donors (Lipinski definition) is 3. The molecule has 0 aromatic carbocycles. The minimum atomic E-state index is -1.04. The van der Waals surface area contributed by atoms with Gasteiger partial charge in [-0.3, -0.25) is 0 Å². The van der Waals surface area contributed by atoms with Gasteiger partial charge in [0.1, 0.15) is 0 Å². The average molecular weight is 244 g/mol. The van der Waals surface area contributed by atoms with Crippen molar-refractivity contribution in [2.24, 2.45) is 5.41 Å². The zero-order valence-electron chi connectivity index (χ0n) is 10.9. The molecule has 2 unspecified atom stereocenters. The van der Waals surface area contributed by atoms with Crippen LogP contribution in [0.15, 0.2) is 11.6 Å². The molecule has 0 heterocycles. The summed E-state index contributed by atoms with van der Waals surface area (Å²) in [5, 5.41) is 28.4. The molecule has 2 atom stereocenters. The average Bonchev–Trinajstić information content (AvgIpc) is 2.31. The van der Waals surface area contributed by atoms with E-state index in [1.807, 2.05) is 13.8 Å². The molecule has 0 aliphatic carbocycles. The highest BCUT2D eigenvalue weighted by molar-refractivity contribution is 5.85. The second-order valence-electron chi connectivity index (χ2n) is 4.58. The van der Waals surface area contributed by atoms with Crippen molar-refractivity contribution < 1.29 is 20.1 Å². The molecule has 0 aromatic heterocycles. The van der Waals surface area contributed by atoms with E-state index in [0.29, 0.717) is 12.8 Å². The van der Waals surface area contributed by atoms with Crippen LogP contribution in [-0.2, 0) is 4.79 Å². The van der Waals surface area contributed by atoms with Gasteiger partial charge in [0.2, 0.25) is 0 Å². The van der Waals surface area contributed by atoms with E-state index in [9.17, 15) is 15.0 Å². The molecular weight excluding hydrogens is 220 g/mol. The third-order valence-corrected chi connectivity index (χ3v) is 3.42. The van der Waals surface area contributed by atoms with E-state index in [4.69, 9.17) is 5.11 Å². The van der Waals surface area contributed by atoms with Gasteiger partial charge in [-0.05, 0) is 25.8 Å². The van der Waals surface area contributed by atoms with Gasteiger partial charge < -0.3 is 15.3 Å². The van der Waals surface area contributed by atoms with Crippen molar-refractivity contribution in [3.63, 3.8) is 0 Å². The van der Waals surface area contributed by atoms with Gasteiger partial charge in [0.05, 0.1) is 12.7 Å². The number of hydrogen-bond acceptors (Lipinski definition) is 3. The molecule has 0 saturated carbocycles. The third-order valence-electron chi connectivity index (χ3n) is 3.42. The van der Waals surface area contributed by atoms with Crippen molar-refractivity contribution in [3.8, 4) is 0 Å². The van der Waals surface area contributed by atoms with Crippen LogP contribution in [0, 0.1) is 5.41 Å². The molecule has 0 aliphatic heterocycles. The minimum absolute atomic E-state index is 0.111. The van der Waals surface area contributed by atoms with Crippen molar-refractivity contribution in [2.75, 3.05) is 6.61 Å². The third kappa shape index (κ3) is 4.48. The fourth-order valence-corrected chi connectivity index (χ4v) is 1.83. The summed E-state index contributed by atoms with van der Waals surface area (Å²) in [6.45, 7) is 5.26. The summed E-state index contributed by atoms with van der Waals surface area (Å²) in [6.07, 6.45) is 3.62. The number of carboxylic acids is 1. The van der Waals surface area contributed by atoms with Crippen molar-refractivity contribution in [3.05, 3.63) is 11.6 Å². The first-order valence-electron chi connectivity index (χ1n) is 6.14. The van der Waals surface area contributed by atoms with E-state index >= 15 is 0 Å². The van der Waals surface area contributed by atoms with Crippen LogP contribution in [0.2, 0.25) is 0 Å². The van der Waals surface area contributed by atoms with Crippen LogP contribution in [0.5, 0.6) is 0 Å². The Morgan fingerprint density at radius 2 is 2.00 bits per heavy atom. The monoisotopic (exact) mass is 244 g/mol. The predicted molar refractivity (Wildman–Crippen MR) is 66.7 cm³/mol. The van der Waals surface area contributed by atoms with Gasteiger partial charge in [-0.25, -0.2) is 4.79 Å². The Labute approximate surface area is 103 Å². The lowest BCUT2D eigenvalue weighted by molar-refractivity contribution is -0.132. The first-order chi connectivity index (χ1) is 7.93. The lowest BCUT2D eigenvalue weighted by Crippen LogP contribution is -2.37. The standard InChI is InChI=1S/C13H24O4/c1-4-6-7-13(5-2,9-14)11(15)8-10(3)12(16)17/h8,11,14-15H,4-7,9H2,1-3H3,(H,16,17). The first-order valence-corrected chi connectivity index (χ1v) is 6.14. The summed E-state index contributed by atoms with van der Waals surface area (Å²) in [7, 11) is 0. The van der Waals surface area contributed by atoms with Crippen LogP contribution in [0.1, 0.15) is 46.5 Å². The molecule has 0 amide bonds. The van der Waals surface area contributed by atoms with Crippen LogP contribution < -0.4 is 0 Å². The maximum Gasteiger partial charge on any atom is 0.331 e. The zero-order valence-corrected chi connectivity index (χ0v) is 10.9. The minimum Gasteiger partial charge on any atom is -0.478 e. The smallest absolute Gasteiger partial charge is 0.331 e. The molecule has 0 spiro atoms. The zero-order chi connectivity index (χ0) is 13.5. The molecular formula is C13H24O4. The highest BCUT2D eigenvalue weighted by atomic mass is 16.4. The Kier molecular flexibility index (Phi) is 7.07. The van der Waals surface area contributed by atoms with Gasteiger partial charge in [0, 0.05) is 11.0 Å². The Hall–Kier alpha value is -0.870. The number of aliphatic hydroxyl groups is 2. The molecule has 0 bridgehead atoms. The van der Waals surface area contributed by atoms with E-state index in [0.717, 1.165) is 12.8 Å². The molecule has 0 saturated heterocycles. The van der Waals surface area contributed by atoms with Crippen LogP contribution in [-0.4, -0.2) is 34.0 Å². The van der Waals surface area contributed by atoms with Crippen LogP contribution in [0.25, 0.3) is 0 Å². The maximum atomic E-state index is 10.7. The Morgan fingerprint density at radius 3 is 2.35 bits per heavy atom. The van der Waals surface area contributed by atoms with E-state index in [-0.39, 0.29) is 12.2 Å².